The van der Waals surface area contributed by atoms with Crippen LogP contribution >= 0.6 is 0 Å². The molecule has 1 fully saturated rings. The number of nitrogens with zero attached hydrogens (tertiary/aromatic N) is 1. The summed E-state index contributed by atoms with van der Waals surface area (Å²) in [5, 5.41) is 12.0. The van der Waals surface area contributed by atoms with Gasteiger partial charge in [-0.15, -0.1) is 0 Å². The van der Waals surface area contributed by atoms with Crippen molar-refractivity contribution in [3.8, 4) is 0 Å². The Morgan fingerprint density at radius 2 is 2.00 bits per heavy atom. The van der Waals surface area contributed by atoms with Crippen molar-refractivity contribution in [1.82, 2.24) is 10.2 Å². The van der Waals surface area contributed by atoms with Crippen LogP contribution in [0.15, 0.2) is 30.3 Å². The van der Waals surface area contributed by atoms with E-state index in [0.717, 1.165) is 19.5 Å². The number of carbonyl (C=O) groups is 2. The molecule has 2 N–H and O–H groups in total. The quantitative estimate of drug-likeness (QED) is 0.838. The number of hydrogen-bond donors (Lipinski definition) is 2. The highest BCUT2D eigenvalue weighted by Crippen LogP contribution is 2.13. The molecule has 20 heavy (non-hydrogen) atoms. The number of aliphatic carboxylic acids is 1. The zero-order chi connectivity index (χ0) is 14.4. The summed E-state index contributed by atoms with van der Waals surface area (Å²) in [5.74, 6) is -0.983. The molecule has 1 aromatic carbocycles. The van der Waals surface area contributed by atoms with E-state index in [4.69, 9.17) is 5.11 Å². The van der Waals surface area contributed by atoms with E-state index in [-0.39, 0.29) is 24.8 Å². The smallest absolute Gasteiger partial charge is 0.303 e. The van der Waals surface area contributed by atoms with E-state index < -0.39 is 5.97 Å². The number of piperazine rings is 1. The highest BCUT2D eigenvalue weighted by Gasteiger charge is 2.26. The first-order valence-corrected chi connectivity index (χ1v) is 6.92. The number of carbonyl (C=O) groups excluding carboxylic acids is 1. The van der Waals surface area contributed by atoms with Crippen LogP contribution in [-0.4, -0.2) is 47.6 Å². The van der Waals surface area contributed by atoms with Gasteiger partial charge in [0.1, 0.15) is 0 Å². The first kappa shape index (κ1) is 14.5. The number of benzene rings is 1. The van der Waals surface area contributed by atoms with Gasteiger partial charge in [-0.3, -0.25) is 9.59 Å². The molecule has 1 unspecified atom stereocenters. The molecule has 1 atom stereocenters. The highest BCUT2D eigenvalue weighted by atomic mass is 16.4. The topological polar surface area (TPSA) is 69.6 Å². The third kappa shape index (κ3) is 4.06. The Morgan fingerprint density at radius 3 is 2.70 bits per heavy atom. The Balaban J connectivity index is 1.97. The predicted octanol–water partition coefficient (Wildman–Crippen LogP) is 0.894. The molecule has 0 aliphatic carbocycles. The van der Waals surface area contributed by atoms with Crippen molar-refractivity contribution in [2.45, 2.75) is 25.3 Å². The van der Waals surface area contributed by atoms with Crippen LogP contribution in [0.2, 0.25) is 0 Å². The Morgan fingerprint density at radius 1 is 1.25 bits per heavy atom. The fourth-order valence-electron chi connectivity index (χ4n) is 2.52. The Kier molecular flexibility index (Phi) is 5.12. The van der Waals surface area contributed by atoms with Gasteiger partial charge < -0.3 is 15.3 Å². The second-order valence-corrected chi connectivity index (χ2v) is 5.03. The van der Waals surface area contributed by atoms with E-state index in [2.05, 4.69) is 17.4 Å². The molecular weight excluding hydrogens is 256 g/mol. The average Bonchev–Trinajstić information content (AvgIpc) is 2.46. The molecule has 1 heterocycles. The highest BCUT2D eigenvalue weighted by molar-refractivity contribution is 5.81. The maximum absolute atomic E-state index is 12.1. The minimum absolute atomic E-state index is 0.0603. The van der Waals surface area contributed by atoms with Gasteiger partial charge in [-0.2, -0.15) is 0 Å². The van der Waals surface area contributed by atoms with Crippen LogP contribution < -0.4 is 5.32 Å². The van der Waals surface area contributed by atoms with E-state index >= 15 is 0 Å². The van der Waals surface area contributed by atoms with E-state index in [0.29, 0.717) is 6.54 Å². The second kappa shape index (κ2) is 7.05. The summed E-state index contributed by atoms with van der Waals surface area (Å²) >= 11 is 0. The van der Waals surface area contributed by atoms with Crippen LogP contribution in [0.25, 0.3) is 0 Å². The lowest BCUT2D eigenvalue weighted by molar-refractivity contribution is -0.142. The first-order valence-electron chi connectivity index (χ1n) is 6.92. The standard InChI is InChI=1S/C15H20N2O3/c18-14(6-7-15(19)20)17-9-8-16-11-13(17)10-12-4-2-1-3-5-12/h1-5,13,16H,6-11H2,(H,19,20). The van der Waals surface area contributed by atoms with E-state index in [1.807, 2.05) is 23.1 Å². The van der Waals surface area contributed by atoms with E-state index in [1.165, 1.54) is 5.56 Å². The Hall–Kier alpha value is -1.88. The largest absolute Gasteiger partial charge is 0.481 e. The lowest BCUT2D eigenvalue weighted by atomic mass is 10.0. The van der Waals surface area contributed by atoms with Gasteiger partial charge in [0.2, 0.25) is 5.91 Å². The monoisotopic (exact) mass is 276 g/mol. The van der Waals surface area contributed by atoms with Crippen molar-refractivity contribution in [2.75, 3.05) is 19.6 Å². The molecule has 5 heteroatoms. The third-order valence-corrected chi connectivity index (χ3v) is 3.54. The predicted molar refractivity (Wildman–Crippen MR) is 75.4 cm³/mol. The minimum Gasteiger partial charge on any atom is -0.481 e. The molecule has 1 aliphatic rings. The Labute approximate surface area is 118 Å². The van der Waals surface area contributed by atoms with E-state index in [1.54, 1.807) is 0 Å². The Bertz CT molecular complexity index is 461. The fraction of sp³-hybridized carbons (Fsp3) is 0.467. The van der Waals surface area contributed by atoms with Crippen LogP contribution in [0.5, 0.6) is 0 Å². The van der Waals surface area contributed by atoms with Crippen LogP contribution in [-0.2, 0) is 16.0 Å². The molecular formula is C15H20N2O3. The van der Waals surface area contributed by atoms with Crippen molar-refractivity contribution in [1.29, 1.82) is 0 Å². The van der Waals surface area contributed by atoms with Gasteiger partial charge in [0.05, 0.1) is 6.42 Å². The van der Waals surface area contributed by atoms with Crippen molar-refractivity contribution >= 4 is 11.9 Å². The molecule has 1 aromatic rings. The number of carboxylic acids is 1. The summed E-state index contributed by atoms with van der Waals surface area (Å²) in [4.78, 5) is 24.5. The maximum Gasteiger partial charge on any atom is 0.303 e. The van der Waals surface area contributed by atoms with Crippen molar-refractivity contribution in [2.24, 2.45) is 0 Å². The summed E-state index contributed by atoms with van der Waals surface area (Å²) in [6, 6.07) is 10.2. The number of carboxylic acid groups (broad SMARTS) is 1. The average molecular weight is 276 g/mol. The summed E-state index contributed by atoms with van der Waals surface area (Å²) in [6.07, 6.45) is 0.786. The summed E-state index contributed by atoms with van der Waals surface area (Å²) < 4.78 is 0. The van der Waals surface area contributed by atoms with Crippen LogP contribution in [0.4, 0.5) is 0 Å². The summed E-state index contributed by atoms with van der Waals surface area (Å²) in [6.45, 7) is 2.17. The van der Waals surface area contributed by atoms with Gasteiger partial charge in [0, 0.05) is 32.1 Å². The molecule has 1 aliphatic heterocycles. The molecule has 0 bridgehead atoms. The zero-order valence-electron chi connectivity index (χ0n) is 11.4. The van der Waals surface area contributed by atoms with Gasteiger partial charge in [-0.05, 0) is 12.0 Å². The van der Waals surface area contributed by atoms with Gasteiger partial charge in [0.15, 0.2) is 0 Å². The van der Waals surface area contributed by atoms with E-state index in [9.17, 15) is 9.59 Å². The molecule has 2 rings (SSSR count). The fourth-order valence-corrected chi connectivity index (χ4v) is 2.52. The molecule has 108 valence electrons. The first-order chi connectivity index (χ1) is 9.66. The molecule has 0 aromatic heterocycles. The molecule has 1 amide bonds. The van der Waals surface area contributed by atoms with Gasteiger partial charge in [-0.1, -0.05) is 30.3 Å². The van der Waals surface area contributed by atoms with Crippen LogP contribution in [0, 0.1) is 0 Å². The van der Waals surface area contributed by atoms with Crippen molar-refractivity contribution < 1.29 is 14.7 Å². The van der Waals surface area contributed by atoms with Gasteiger partial charge in [-0.25, -0.2) is 0 Å². The number of hydrogen-bond acceptors (Lipinski definition) is 3. The normalized spacial score (nSPS) is 18.8. The van der Waals surface area contributed by atoms with Crippen LogP contribution in [0.3, 0.4) is 0 Å². The molecule has 0 radical (unpaired) electrons. The lowest BCUT2D eigenvalue weighted by Gasteiger charge is -2.36. The summed E-state index contributed by atoms with van der Waals surface area (Å²) in [7, 11) is 0. The lowest BCUT2D eigenvalue weighted by Crippen LogP contribution is -2.54. The van der Waals surface area contributed by atoms with Crippen LogP contribution in [0.1, 0.15) is 18.4 Å². The summed E-state index contributed by atoms with van der Waals surface area (Å²) in [5.41, 5.74) is 1.19. The number of rotatable bonds is 5. The van der Waals surface area contributed by atoms with Crippen molar-refractivity contribution in [3.05, 3.63) is 35.9 Å². The zero-order valence-corrected chi connectivity index (χ0v) is 11.4. The molecule has 0 saturated carbocycles. The molecule has 5 nitrogen and oxygen atoms in total. The molecule has 0 spiro atoms. The SMILES string of the molecule is O=C(O)CCC(=O)N1CCNCC1Cc1ccccc1. The third-order valence-electron chi connectivity index (χ3n) is 3.54. The number of nitrogens with one attached hydrogen (secondary N) is 1. The maximum atomic E-state index is 12.1. The van der Waals surface area contributed by atoms with Gasteiger partial charge >= 0.3 is 5.97 Å². The second-order valence-electron chi connectivity index (χ2n) is 5.03. The van der Waals surface area contributed by atoms with Crippen molar-refractivity contribution in [3.63, 3.8) is 0 Å². The minimum atomic E-state index is -0.923. The number of amides is 1. The van der Waals surface area contributed by atoms with Gasteiger partial charge in [0.25, 0.3) is 0 Å². The molecule has 1 saturated heterocycles.